The SMILES string of the molecule is CC(CO)CSC1CCN(C(C)C)C1=O. The predicted molar refractivity (Wildman–Crippen MR) is 64.0 cm³/mol. The Morgan fingerprint density at radius 1 is 1.53 bits per heavy atom. The molecule has 0 aliphatic carbocycles. The highest BCUT2D eigenvalue weighted by molar-refractivity contribution is 8.00. The molecule has 1 saturated heterocycles. The number of thioether (sulfide) groups is 1. The van der Waals surface area contributed by atoms with Gasteiger partial charge in [0.2, 0.25) is 5.91 Å². The number of carbonyl (C=O) groups is 1. The summed E-state index contributed by atoms with van der Waals surface area (Å²) in [6.07, 6.45) is 0.958. The van der Waals surface area contributed by atoms with Crippen molar-refractivity contribution in [2.24, 2.45) is 5.92 Å². The predicted octanol–water partition coefficient (Wildman–Crippen LogP) is 1.36. The van der Waals surface area contributed by atoms with E-state index < -0.39 is 0 Å². The lowest BCUT2D eigenvalue weighted by molar-refractivity contribution is -0.128. The second-order valence-corrected chi connectivity index (χ2v) is 5.76. The quantitative estimate of drug-likeness (QED) is 0.776. The minimum absolute atomic E-state index is 0.126. The zero-order valence-corrected chi connectivity index (χ0v) is 10.6. The Hall–Kier alpha value is -0.220. The number of rotatable bonds is 5. The van der Waals surface area contributed by atoms with Crippen LogP contribution in [0.1, 0.15) is 27.2 Å². The third-order valence-electron chi connectivity index (χ3n) is 2.71. The summed E-state index contributed by atoms with van der Waals surface area (Å²) in [6, 6.07) is 0.318. The average Bonchev–Trinajstić information content (AvgIpc) is 2.56. The summed E-state index contributed by atoms with van der Waals surface area (Å²) in [5.74, 6) is 1.44. The molecule has 1 aliphatic heterocycles. The number of likely N-dealkylation sites (tertiary alicyclic amines) is 1. The van der Waals surface area contributed by atoms with E-state index in [1.54, 1.807) is 11.8 Å². The van der Waals surface area contributed by atoms with Gasteiger partial charge in [-0.05, 0) is 31.9 Å². The van der Waals surface area contributed by atoms with Crippen LogP contribution in [0, 0.1) is 5.92 Å². The van der Waals surface area contributed by atoms with Gasteiger partial charge in [-0.1, -0.05) is 6.92 Å². The van der Waals surface area contributed by atoms with Crippen molar-refractivity contribution in [3.8, 4) is 0 Å². The molecule has 4 heteroatoms. The van der Waals surface area contributed by atoms with Crippen LogP contribution in [0.25, 0.3) is 0 Å². The first-order valence-electron chi connectivity index (χ1n) is 5.59. The molecule has 0 spiro atoms. The van der Waals surface area contributed by atoms with E-state index in [2.05, 4.69) is 13.8 Å². The first-order valence-corrected chi connectivity index (χ1v) is 6.64. The number of hydrogen-bond acceptors (Lipinski definition) is 3. The topological polar surface area (TPSA) is 40.5 Å². The van der Waals surface area contributed by atoms with Crippen molar-refractivity contribution < 1.29 is 9.90 Å². The molecule has 1 aliphatic rings. The van der Waals surface area contributed by atoms with Crippen molar-refractivity contribution in [2.45, 2.75) is 38.5 Å². The normalized spacial score (nSPS) is 23.9. The largest absolute Gasteiger partial charge is 0.396 e. The van der Waals surface area contributed by atoms with Crippen molar-refractivity contribution in [3.05, 3.63) is 0 Å². The fourth-order valence-electron chi connectivity index (χ4n) is 1.68. The molecule has 15 heavy (non-hydrogen) atoms. The van der Waals surface area contributed by atoms with Crippen LogP contribution in [0.2, 0.25) is 0 Å². The fourth-order valence-corrected chi connectivity index (χ4v) is 2.89. The maximum atomic E-state index is 11.9. The van der Waals surface area contributed by atoms with Crippen molar-refractivity contribution in [1.29, 1.82) is 0 Å². The Morgan fingerprint density at radius 3 is 2.67 bits per heavy atom. The molecule has 1 amide bonds. The van der Waals surface area contributed by atoms with Crippen LogP contribution in [0.4, 0.5) is 0 Å². The molecular weight excluding hydrogens is 210 g/mol. The van der Waals surface area contributed by atoms with Crippen LogP contribution in [-0.4, -0.2) is 46.1 Å². The van der Waals surface area contributed by atoms with E-state index in [0.29, 0.717) is 6.04 Å². The number of nitrogens with zero attached hydrogens (tertiary/aromatic N) is 1. The van der Waals surface area contributed by atoms with E-state index in [0.717, 1.165) is 18.7 Å². The molecule has 1 heterocycles. The van der Waals surface area contributed by atoms with Gasteiger partial charge in [-0.2, -0.15) is 0 Å². The molecule has 0 bridgehead atoms. The molecule has 0 saturated carbocycles. The number of aliphatic hydroxyl groups excluding tert-OH is 1. The number of amides is 1. The highest BCUT2D eigenvalue weighted by atomic mass is 32.2. The summed E-state index contributed by atoms with van der Waals surface area (Å²) in [6.45, 7) is 7.22. The summed E-state index contributed by atoms with van der Waals surface area (Å²) in [5.41, 5.74) is 0. The molecule has 0 aromatic carbocycles. The summed E-state index contributed by atoms with van der Waals surface area (Å²) in [5, 5.41) is 9.03. The first kappa shape index (κ1) is 12.8. The smallest absolute Gasteiger partial charge is 0.235 e. The lowest BCUT2D eigenvalue weighted by Gasteiger charge is -2.21. The summed E-state index contributed by atoms with van der Waals surface area (Å²) in [4.78, 5) is 13.8. The minimum Gasteiger partial charge on any atom is -0.396 e. The summed E-state index contributed by atoms with van der Waals surface area (Å²) < 4.78 is 0. The van der Waals surface area contributed by atoms with E-state index >= 15 is 0 Å². The zero-order valence-electron chi connectivity index (χ0n) is 9.77. The van der Waals surface area contributed by atoms with E-state index in [1.165, 1.54) is 0 Å². The van der Waals surface area contributed by atoms with Gasteiger partial charge in [-0.25, -0.2) is 0 Å². The van der Waals surface area contributed by atoms with Crippen LogP contribution in [0.15, 0.2) is 0 Å². The van der Waals surface area contributed by atoms with Gasteiger partial charge in [0, 0.05) is 19.2 Å². The van der Waals surface area contributed by atoms with Crippen LogP contribution in [-0.2, 0) is 4.79 Å². The molecule has 88 valence electrons. The molecule has 1 fully saturated rings. The Morgan fingerprint density at radius 2 is 2.20 bits per heavy atom. The van der Waals surface area contributed by atoms with Gasteiger partial charge in [0.25, 0.3) is 0 Å². The number of carbonyl (C=O) groups excluding carboxylic acids is 1. The maximum Gasteiger partial charge on any atom is 0.235 e. The van der Waals surface area contributed by atoms with Crippen molar-refractivity contribution in [3.63, 3.8) is 0 Å². The third-order valence-corrected chi connectivity index (χ3v) is 4.31. The van der Waals surface area contributed by atoms with Gasteiger partial charge in [0.15, 0.2) is 0 Å². The molecule has 2 unspecified atom stereocenters. The lowest BCUT2D eigenvalue weighted by Crippen LogP contribution is -2.34. The molecule has 0 aromatic rings. The van der Waals surface area contributed by atoms with Crippen LogP contribution < -0.4 is 0 Å². The first-order chi connectivity index (χ1) is 7.06. The summed E-state index contributed by atoms with van der Waals surface area (Å²) in [7, 11) is 0. The van der Waals surface area contributed by atoms with Crippen LogP contribution in [0.5, 0.6) is 0 Å². The van der Waals surface area contributed by atoms with Gasteiger partial charge in [-0.3, -0.25) is 4.79 Å². The Labute approximate surface area is 96.2 Å². The van der Waals surface area contributed by atoms with Crippen molar-refractivity contribution >= 4 is 17.7 Å². The second kappa shape index (κ2) is 5.75. The molecule has 0 aromatic heterocycles. The molecule has 1 N–H and O–H groups in total. The molecule has 3 nitrogen and oxygen atoms in total. The van der Waals surface area contributed by atoms with Gasteiger partial charge in [0.05, 0.1) is 5.25 Å². The maximum absolute atomic E-state index is 11.9. The molecular formula is C11H21NO2S. The van der Waals surface area contributed by atoms with Crippen molar-refractivity contribution in [1.82, 2.24) is 4.90 Å². The molecule has 1 rings (SSSR count). The van der Waals surface area contributed by atoms with Gasteiger partial charge < -0.3 is 10.0 Å². The highest BCUT2D eigenvalue weighted by Gasteiger charge is 2.33. The van der Waals surface area contributed by atoms with E-state index in [9.17, 15) is 4.79 Å². The van der Waals surface area contributed by atoms with Gasteiger partial charge >= 0.3 is 0 Å². The second-order valence-electron chi connectivity index (χ2n) is 4.52. The average molecular weight is 231 g/mol. The number of hydrogen-bond donors (Lipinski definition) is 1. The Balaban J connectivity index is 2.36. The third kappa shape index (κ3) is 3.38. The van der Waals surface area contributed by atoms with Crippen molar-refractivity contribution in [2.75, 3.05) is 18.9 Å². The van der Waals surface area contributed by atoms with Gasteiger partial charge in [-0.15, -0.1) is 11.8 Å². The monoisotopic (exact) mass is 231 g/mol. The van der Waals surface area contributed by atoms with Crippen LogP contribution >= 0.6 is 11.8 Å². The van der Waals surface area contributed by atoms with Crippen LogP contribution in [0.3, 0.4) is 0 Å². The minimum atomic E-state index is 0.126. The summed E-state index contributed by atoms with van der Waals surface area (Å²) >= 11 is 1.69. The molecule has 0 radical (unpaired) electrons. The Kier molecular flexibility index (Phi) is 4.93. The zero-order chi connectivity index (χ0) is 11.4. The van der Waals surface area contributed by atoms with E-state index in [-0.39, 0.29) is 23.7 Å². The highest BCUT2D eigenvalue weighted by Crippen LogP contribution is 2.26. The van der Waals surface area contributed by atoms with E-state index in [4.69, 9.17) is 5.11 Å². The standard InChI is InChI=1S/C11H21NO2S/c1-8(2)12-5-4-10(11(12)14)15-7-9(3)6-13/h8-10,13H,4-7H2,1-3H3. The van der Waals surface area contributed by atoms with E-state index in [1.807, 2.05) is 11.8 Å². The number of aliphatic hydroxyl groups is 1. The molecule has 2 atom stereocenters. The lowest BCUT2D eigenvalue weighted by atomic mass is 10.2. The Bertz CT molecular complexity index is 221. The van der Waals surface area contributed by atoms with Gasteiger partial charge in [0.1, 0.15) is 0 Å². The fraction of sp³-hybridized carbons (Fsp3) is 0.909.